The quantitative estimate of drug-likeness (QED) is 0.405. The Hall–Kier alpha value is -3.73. The normalized spacial score (nSPS) is 11.3. The van der Waals surface area contributed by atoms with Gasteiger partial charge in [-0.3, -0.25) is 0 Å². The van der Waals surface area contributed by atoms with Gasteiger partial charge in [0.2, 0.25) is 0 Å². The molecule has 0 saturated carbocycles. The standard InChI is InChI=1S/C24H20N4O/c1-15-11-20(18-7-5-4-6-8-18)12-16(2)23(15)28-24(25-14-26-28)19-9-10-21-22(13-19)29-17(3)27-21/h4-14H,1-3H3. The molecule has 5 aromatic rings. The molecule has 0 spiro atoms. The van der Waals surface area contributed by atoms with Crippen LogP contribution in [0.1, 0.15) is 17.0 Å². The first-order valence-electron chi connectivity index (χ1n) is 9.55. The first-order valence-corrected chi connectivity index (χ1v) is 9.55. The van der Waals surface area contributed by atoms with Crippen LogP contribution in [-0.4, -0.2) is 19.7 Å². The summed E-state index contributed by atoms with van der Waals surface area (Å²) < 4.78 is 7.60. The van der Waals surface area contributed by atoms with E-state index >= 15 is 0 Å². The third-order valence-corrected chi connectivity index (χ3v) is 5.11. The number of hydrogen-bond acceptors (Lipinski definition) is 4. The average molecular weight is 380 g/mol. The average Bonchev–Trinajstić information content (AvgIpc) is 3.33. The summed E-state index contributed by atoms with van der Waals surface area (Å²) in [6.45, 7) is 6.08. The molecular weight excluding hydrogens is 360 g/mol. The SMILES string of the molecule is Cc1nc2ccc(-c3ncnn3-c3c(C)cc(-c4ccccc4)cc3C)cc2o1. The summed E-state index contributed by atoms with van der Waals surface area (Å²) in [5.41, 5.74) is 8.28. The molecule has 2 aromatic heterocycles. The maximum Gasteiger partial charge on any atom is 0.192 e. The van der Waals surface area contributed by atoms with E-state index < -0.39 is 0 Å². The molecule has 0 fully saturated rings. The summed E-state index contributed by atoms with van der Waals surface area (Å²) in [5.74, 6) is 1.43. The Morgan fingerprint density at radius 2 is 1.55 bits per heavy atom. The third-order valence-electron chi connectivity index (χ3n) is 5.11. The topological polar surface area (TPSA) is 56.7 Å². The summed E-state index contributed by atoms with van der Waals surface area (Å²) in [6, 6.07) is 20.7. The van der Waals surface area contributed by atoms with Crippen LogP contribution in [0.25, 0.3) is 39.3 Å². The Labute approximate surface area is 168 Å². The fourth-order valence-electron chi connectivity index (χ4n) is 3.87. The molecule has 5 rings (SSSR count). The largest absolute Gasteiger partial charge is 0.441 e. The molecule has 0 radical (unpaired) electrons. The van der Waals surface area contributed by atoms with E-state index in [0.717, 1.165) is 39.3 Å². The van der Waals surface area contributed by atoms with E-state index in [-0.39, 0.29) is 0 Å². The van der Waals surface area contributed by atoms with Crippen molar-refractivity contribution in [3.8, 4) is 28.2 Å². The van der Waals surface area contributed by atoms with Crippen molar-refractivity contribution in [2.24, 2.45) is 0 Å². The zero-order valence-corrected chi connectivity index (χ0v) is 16.5. The summed E-state index contributed by atoms with van der Waals surface area (Å²) in [7, 11) is 0. The molecular formula is C24H20N4O. The van der Waals surface area contributed by atoms with Crippen molar-refractivity contribution < 1.29 is 4.42 Å². The van der Waals surface area contributed by atoms with Gasteiger partial charge in [-0.25, -0.2) is 14.6 Å². The lowest BCUT2D eigenvalue weighted by atomic mass is 9.99. The van der Waals surface area contributed by atoms with Gasteiger partial charge >= 0.3 is 0 Å². The third kappa shape index (κ3) is 3.01. The van der Waals surface area contributed by atoms with Crippen LogP contribution < -0.4 is 0 Å². The molecule has 0 aliphatic heterocycles. The number of nitrogens with zero attached hydrogens (tertiary/aromatic N) is 4. The van der Waals surface area contributed by atoms with Gasteiger partial charge in [0.15, 0.2) is 17.3 Å². The fourth-order valence-corrected chi connectivity index (χ4v) is 3.87. The monoisotopic (exact) mass is 380 g/mol. The van der Waals surface area contributed by atoms with E-state index in [1.807, 2.05) is 35.9 Å². The highest BCUT2D eigenvalue weighted by Crippen LogP contribution is 2.30. The van der Waals surface area contributed by atoms with Crippen molar-refractivity contribution in [2.75, 3.05) is 0 Å². The number of aromatic nitrogens is 4. The van der Waals surface area contributed by atoms with E-state index in [1.54, 1.807) is 6.33 Å². The Balaban J connectivity index is 1.63. The number of fused-ring (bicyclic) bond motifs is 1. The molecule has 0 bridgehead atoms. The van der Waals surface area contributed by atoms with Gasteiger partial charge in [0.05, 0.1) is 5.69 Å². The number of hydrogen-bond donors (Lipinski definition) is 0. The van der Waals surface area contributed by atoms with E-state index in [2.05, 4.69) is 65.3 Å². The van der Waals surface area contributed by atoms with Gasteiger partial charge in [-0.2, -0.15) is 5.10 Å². The summed E-state index contributed by atoms with van der Waals surface area (Å²) in [4.78, 5) is 8.90. The first kappa shape index (κ1) is 17.4. The molecule has 0 atom stereocenters. The maximum absolute atomic E-state index is 5.70. The second kappa shape index (κ2) is 6.71. The number of oxazole rings is 1. The molecule has 0 saturated heterocycles. The van der Waals surface area contributed by atoms with Crippen LogP contribution in [0.2, 0.25) is 0 Å². The zero-order chi connectivity index (χ0) is 20.0. The summed E-state index contributed by atoms with van der Waals surface area (Å²) >= 11 is 0. The Morgan fingerprint density at radius 3 is 2.31 bits per heavy atom. The van der Waals surface area contributed by atoms with Crippen molar-refractivity contribution in [1.82, 2.24) is 19.7 Å². The van der Waals surface area contributed by atoms with Gasteiger partial charge in [0, 0.05) is 12.5 Å². The van der Waals surface area contributed by atoms with E-state index in [0.29, 0.717) is 5.89 Å². The molecule has 0 amide bonds. The number of aryl methyl sites for hydroxylation is 3. The number of benzene rings is 3. The van der Waals surface area contributed by atoms with Crippen molar-refractivity contribution in [1.29, 1.82) is 0 Å². The van der Waals surface area contributed by atoms with Crippen LogP contribution in [0.5, 0.6) is 0 Å². The lowest BCUT2D eigenvalue weighted by molar-refractivity contribution is 0.561. The lowest BCUT2D eigenvalue weighted by Gasteiger charge is -2.15. The highest BCUT2D eigenvalue weighted by molar-refractivity contribution is 5.79. The molecule has 3 aromatic carbocycles. The Kier molecular flexibility index (Phi) is 4.02. The van der Waals surface area contributed by atoms with Gasteiger partial charge in [0.1, 0.15) is 11.8 Å². The molecule has 2 heterocycles. The van der Waals surface area contributed by atoms with Gasteiger partial charge in [-0.05, 0) is 66.4 Å². The van der Waals surface area contributed by atoms with Gasteiger partial charge in [-0.15, -0.1) is 0 Å². The molecule has 29 heavy (non-hydrogen) atoms. The minimum atomic E-state index is 0.654. The smallest absolute Gasteiger partial charge is 0.192 e. The van der Waals surface area contributed by atoms with Gasteiger partial charge in [-0.1, -0.05) is 30.3 Å². The Bertz CT molecular complexity index is 1310. The summed E-state index contributed by atoms with van der Waals surface area (Å²) in [6.07, 6.45) is 1.59. The van der Waals surface area contributed by atoms with Crippen LogP contribution in [-0.2, 0) is 0 Å². The Morgan fingerprint density at radius 1 is 0.793 bits per heavy atom. The molecule has 5 heteroatoms. The predicted octanol–water partition coefficient (Wildman–Crippen LogP) is 5.67. The van der Waals surface area contributed by atoms with Crippen LogP contribution in [0.15, 0.2) is 71.4 Å². The van der Waals surface area contributed by atoms with Crippen molar-refractivity contribution in [3.05, 3.63) is 84.0 Å². The second-order valence-electron chi connectivity index (χ2n) is 7.24. The minimum Gasteiger partial charge on any atom is -0.441 e. The van der Waals surface area contributed by atoms with Crippen molar-refractivity contribution in [3.63, 3.8) is 0 Å². The van der Waals surface area contributed by atoms with Crippen LogP contribution in [0.4, 0.5) is 0 Å². The fraction of sp³-hybridized carbons (Fsp3) is 0.125. The molecule has 0 aliphatic carbocycles. The van der Waals surface area contributed by atoms with Crippen LogP contribution >= 0.6 is 0 Å². The van der Waals surface area contributed by atoms with Gasteiger partial charge in [0.25, 0.3) is 0 Å². The van der Waals surface area contributed by atoms with E-state index in [1.165, 1.54) is 11.1 Å². The van der Waals surface area contributed by atoms with Crippen LogP contribution in [0, 0.1) is 20.8 Å². The van der Waals surface area contributed by atoms with E-state index in [4.69, 9.17) is 4.42 Å². The highest BCUT2D eigenvalue weighted by Gasteiger charge is 2.16. The van der Waals surface area contributed by atoms with Gasteiger partial charge < -0.3 is 4.42 Å². The second-order valence-corrected chi connectivity index (χ2v) is 7.24. The predicted molar refractivity (Wildman–Crippen MR) is 114 cm³/mol. The minimum absolute atomic E-state index is 0.654. The van der Waals surface area contributed by atoms with Crippen molar-refractivity contribution >= 4 is 11.1 Å². The molecule has 0 unspecified atom stereocenters. The lowest BCUT2D eigenvalue weighted by Crippen LogP contribution is -2.05. The molecule has 5 nitrogen and oxygen atoms in total. The van der Waals surface area contributed by atoms with Crippen LogP contribution in [0.3, 0.4) is 0 Å². The molecule has 0 aliphatic rings. The first-order chi connectivity index (χ1) is 14.1. The maximum atomic E-state index is 5.70. The van der Waals surface area contributed by atoms with Crippen molar-refractivity contribution in [2.45, 2.75) is 20.8 Å². The number of rotatable bonds is 3. The van der Waals surface area contributed by atoms with E-state index in [9.17, 15) is 0 Å². The highest BCUT2D eigenvalue weighted by atomic mass is 16.3. The zero-order valence-electron chi connectivity index (χ0n) is 16.5. The molecule has 142 valence electrons. The summed E-state index contributed by atoms with van der Waals surface area (Å²) in [5, 5.41) is 4.53. The molecule has 0 N–H and O–H groups in total.